The van der Waals surface area contributed by atoms with Gasteiger partial charge in [0.05, 0.1) is 13.2 Å². The SMILES string of the molecule is OCCn1nccc1C1CCN(Cc2cc(O)cc(F)c2)CC1. The van der Waals surface area contributed by atoms with Crippen molar-refractivity contribution in [3.05, 3.63) is 47.5 Å². The van der Waals surface area contributed by atoms with Crippen LogP contribution in [0.4, 0.5) is 4.39 Å². The topological polar surface area (TPSA) is 61.5 Å². The lowest BCUT2D eigenvalue weighted by Gasteiger charge is -2.32. The molecule has 1 aliphatic rings. The van der Waals surface area contributed by atoms with Gasteiger partial charge in [-0.15, -0.1) is 0 Å². The highest BCUT2D eigenvalue weighted by atomic mass is 19.1. The van der Waals surface area contributed by atoms with Crippen molar-refractivity contribution in [2.24, 2.45) is 0 Å². The fourth-order valence-electron chi connectivity index (χ4n) is 3.34. The first-order valence-electron chi connectivity index (χ1n) is 7.99. The summed E-state index contributed by atoms with van der Waals surface area (Å²) in [4.78, 5) is 2.28. The van der Waals surface area contributed by atoms with Gasteiger partial charge >= 0.3 is 0 Å². The van der Waals surface area contributed by atoms with Crippen molar-refractivity contribution < 1.29 is 14.6 Å². The minimum absolute atomic E-state index is 0.0252. The Morgan fingerprint density at radius 1 is 1.22 bits per heavy atom. The number of aromatic nitrogens is 2. The zero-order chi connectivity index (χ0) is 16.2. The number of likely N-dealkylation sites (tertiary alicyclic amines) is 1. The van der Waals surface area contributed by atoms with E-state index >= 15 is 0 Å². The van der Waals surface area contributed by atoms with E-state index in [9.17, 15) is 9.50 Å². The predicted molar refractivity (Wildman–Crippen MR) is 84.6 cm³/mol. The van der Waals surface area contributed by atoms with Crippen molar-refractivity contribution in [1.82, 2.24) is 14.7 Å². The molecule has 124 valence electrons. The highest BCUT2D eigenvalue weighted by molar-refractivity contribution is 5.28. The fraction of sp³-hybridized carbons (Fsp3) is 0.471. The zero-order valence-electron chi connectivity index (χ0n) is 13.0. The summed E-state index contributed by atoms with van der Waals surface area (Å²) >= 11 is 0. The summed E-state index contributed by atoms with van der Waals surface area (Å²) in [5, 5.41) is 22.8. The summed E-state index contributed by atoms with van der Waals surface area (Å²) in [6, 6.07) is 6.24. The van der Waals surface area contributed by atoms with E-state index in [1.165, 1.54) is 11.8 Å². The van der Waals surface area contributed by atoms with E-state index in [-0.39, 0.29) is 12.4 Å². The van der Waals surface area contributed by atoms with E-state index in [0.717, 1.165) is 37.6 Å². The molecule has 0 atom stereocenters. The van der Waals surface area contributed by atoms with Crippen LogP contribution in [0.15, 0.2) is 30.5 Å². The lowest BCUT2D eigenvalue weighted by atomic mass is 9.93. The number of benzene rings is 1. The monoisotopic (exact) mass is 319 g/mol. The second-order valence-corrected chi connectivity index (χ2v) is 6.07. The van der Waals surface area contributed by atoms with Crippen LogP contribution in [0.2, 0.25) is 0 Å². The quantitative estimate of drug-likeness (QED) is 0.886. The van der Waals surface area contributed by atoms with Gasteiger partial charge in [-0.3, -0.25) is 9.58 Å². The molecule has 1 fully saturated rings. The largest absolute Gasteiger partial charge is 0.508 e. The van der Waals surface area contributed by atoms with Crippen LogP contribution in [0.5, 0.6) is 5.75 Å². The van der Waals surface area contributed by atoms with Crippen LogP contribution in [0.1, 0.15) is 30.0 Å². The molecule has 0 amide bonds. The standard InChI is InChI=1S/C17H22FN3O2/c18-15-9-13(10-16(23)11-15)12-20-5-2-14(3-6-20)17-1-4-19-21(17)7-8-22/h1,4,9-11,14,22-23H,2-3,5-8,12H2. The fourth-order valence-corrected chi connectivity index (χ4v) is 3.34. The van der Waals surface area contributed by atoms with Crippen molar-refractivity contribution in [3.8, 4) is 5.75 Å². The highest BCUT2D eigenvalue weighted by Crippen LogP contribution is 2.29. The third-order valence-electron chi connectivity index (χ3n) is 4.42. The van der Waals surface area contributed by atoms with Gasteiger partial charge in [0.1, 0.15) is 11.6 Å². The third kappa shape index (κ3) is 3.89. The molecule has 1 saturated heterocycles. The van der Waals surface area contributed by atoms with E-state index in [1.807, 2.05) is 10.7 Å². The van der Waals surface area contributed by atoms with Crippen LogP contribution >= 0.6 is 0 Å². The Hall–Kier alpha value is -1.92. The number of hydrogen-bond acceptors (Lipinski definition) is 4. The molecule has 1 aliphatic heterocycles. The Balaban J connectivity index is 1.59. The summed E-state index contributed by atoms with van der Waals surface area (Å²) < 4.78 is 15.2. The van der Waals surface area contributed by atoms with Gasteiger partial charge in [0, 0.05) is 30.4 Å². The molecular weight excluding hydrogens is 297 g/mol. The highest BCUT2D eigenvalue weighted by Gasteiger charge is 2.23. The minimum atomic E-state index is -0.400. The van der Waals surface area contributed by atoms with E-state index in [4.69, 9.17) is 5.11 Å². The summed E-state index contributed by atoms with van der Waals surface area (Å²) in [5.74, 6) is 0.0202. The number of aromatic hydroxyl groups is 1. The molecule has 0 aliphatic carbocycles. The van der Waals surface area contributed by atoms with E-state index in [2.05, 4.69) is 10.00 Å². The van der Waals surface area contributed by atoms with E-state index < -0.39 is 5.82 Å². The Labute approximate surface area is 135 Å². The maximum Gasteiger partial charge on any atom is 0.127 e. The van der Waals surface area contributed by atoms with Crippen molar-refractivity contribution >= 4 is 0 Å². The molecule has 6 heteroatoms. The van der Waals surface area contributed by atoms with E-state index in [1.54, 1.807) is 12.3 Å². The average Bonchev–Trinajstić information content (AvgIpc) is 2.96. The van der Waals surface area contributed by atoms with Crippen molar-refractivity contribution in [3.63, 3.8) is 0 Å². The number of aliphatic hydroxyl groups excluding tert-OH is 1. The molecular formula is C17H22FN3O2. The van der Waals surface area contributed by atoms with Crippen molar-refractivity contribution in [1.29, 1.82) is 0 Å². The normalized spacial score (nSPS) is 16.8. The molecule has 0 radical (unpaired) electrons. The van der Waals surface area contributed by atoms with Gasteiger partial charge in [-0.1, -0.05) is 0 Å². The molecule has 3 rings (SSSR count). The van der Waals surface area contributed by atoms with Gasteiger partial charge in [0.25, 0.3) is 0 Å². The molecule has 5 nitrogen and oxygen atoms in total. The number of phenols is 1. The second-order valence-electron chi connectivity index (χ2n) is 6.07. The minimum Gasteiger partial charge on any atom is -0.508 e. The Bertz CT molecular complexity index is 631. The molecule has 0 unspecified atom stereocenters. The first-order valence-corrected chi connectivity index (χ1v) is 7.99. The number of nitrogens with zero attached hydrogens (tertiary/aromatic N) is 3. The van der Waals surface area contributed by atoms with E-state index in [0.29, 0.717) is 19.0 Å². The molecule has 0 saturated carbocycles. The lowest BCUT2D eigenvalue weighted by molar-refractivity contribution is 0.198. The number of piperidine rings is 1. The van der Waals surface area contributed by atoms with Crippen LogP contribution in [0.25, 0.3) is 0 Å². The van der Waals surface area contributed by atoms with Gasteiger partial charge in [0.2, 0.25) is 0 Å². The van der Waals surface area contributed by atoms with Crippen LogP contribution < -0.4 is 0 Å². The molecule has 0 bridgehead atoms. The number of halogens is 1. The van der Waals surface area contributed by atoms with Gasteiger partial charge in [-0.2, -0.15) is 5.10 Å². The smallest absolute Gasteiger partial charge is 0.127 e. The molecule has 2 aromatic rings. The molecule has 23 heavy (non-hydrogen) atoms. The molecule has 2 heterocycles. The molecule has 1 aromatic carbocycles. The van der Waals surface area contributed by atoms with Gasteiger partial charge in [-0.05, 0) is 49.7 Å². The number of hydrogen-bond donors (Lipinski definition) is 2. The van der Waals surface area contributed by atoms with Crippen LogP contribution in [-0.4, -0.2) is 44.6 Å². The Morgan fingerprint density at radius 2 is 2.00 bits per heavy atom. The van der Waals surface area contributed by atoms with Crippen molar-refractivity contribution in [2.75, 3.05) is 19.7 Å². The van der Waals surface area contributed by atoms with Gasteiger partial charge < -0.3 is 10.2 Å². The Morgan fingerprint density at radius 3 is 2.70 bits per heavy atom. The predicted octanol–water partition coefficient (Wildman–Crippen LogP) is 2.10. The molecule has 1 aromatic heterocycles. The van der Waals surface area contributed by atoms with Gasteiger partial charge in [0.15, 0.2) is 0 Å². The number of aliphatic hydroxyl groups is 1. The lowest BCUT2D eigenvalue weighted by Crippen LogP contribution is -2.33. The summed E-state index contributed by atoms with van der Waals surface area (Å²) in [5.41, 5.74) is 1.98. The first-order chi connectivity index (χ1) is 11.2. The zero-order valence-corrected chi connectivity index (χ0v) is 13.0. The van der Waals surface area contributed by atoms with Crippen LogP contribution in [-0.2, 0) is 13.1 Å². The van der Waals surface area contributed by atoms with Gasteiger partial charge in [-0.25, -0.2) is 4.39 Å². The second kappa shape index (κ2) is 7.10. The maximum absolute atomic E-state index is 13.3. The third-order valence-corrected chi connectivity index (χ3v) is 4.42. The van der Waals surface area contributed by atoms with Crippen LogP contribution in [0.3, 0.4) is 0 Å². The number of phenolic OH excluding ortho intramolecular Hbond substituents is 1. The maximum atomic E-state index is 13.3. The molecule has 0 spiro atoms. The average molecular weight is 319 g/mol. The van der Waals surface area contributed by atoms with Crippen molar-refractivity contribution in [2.45, 2.75) is 31.8 Å². The number of rotatable bonds is 5. The summed E-state index contributed by atoms with van der Waals surface area (Å²) in [6.45, 7) is 3.12. The summed E-state index contributed by atoms with van der Waals surface area (Å²) in [6.07, 6.45) is 3.81. The van der Waals surface area contributed by atoms with Crippen LogP contribution in [0, 0.1) is 5.82 Å². The molecule has 2 N–H and O–H groups in total. The Kier molecular flexibility index (Phi) is 4.93. The first kappa shape index (κ1) is 16.0. The summed E-state index contributed by atoms with van der Waals surface area (Å²) in [7, 11) is 0.